The first-order valence-electron chi connectivity index (χ1n) is 8.50. The summed E-state index contributed by atoms with van der Waals surface area (Å²) in [7, 11) is 3.02. The highest BCUT2D eigenvalue weighted by molar-refractivity contribution is 5.91. The number of carbonyl (C=O) groups excluding carboxylic acids is 1. The topological polar surface area (TPSA) is 80.6 Å². The summed E-state index contributed by atoms with van der Waals surface area (Å²) in [5.41, 5.74) is 0.959. The second kappa shape index (κ2) is 9.68. The van der Waals surface area contributed by atoms with Crippen LogP contribution in [0.25, 0.3) is 0 Å². The van der Waals surface area contributed by atoms with Crippen LogP contribution in [0.5, 0.6) is 17.2 Å². The number of alkyl halides is 3. The third-order valence-corrected chi connectivity index (χ3v) is 3.88. The van der Waals surface area contributed by atoms with E-state index in [9.17, 15) is 18.0 Å². The number of ether oxygens (including phenoxy) is 3. The molecule has 0 aliphatic heterocycles. The molecule has 0 bridgehead atoms. The summed E-state index contributed by atoms with van der Waals surface area (Å²) in [6.45, 7) is -1.50. The Kier molecular flexibility index (Phi) is 7.31. The van der Waals surface area contributed by atoms with Crippen molar-refractivity contribution in [1.29, 1.82) is 5.26 Å². The van der Waals surface area contributed by atoms with Gasteiger partial charge < -0.3 is 19.5 Å². The normalized spacial score (nSPS) is 10.8. The van der Waals surface area contributed by atoms with Crippen LogP contribution in [0.3, 0.4) is 0 Å². The van der Waals surface area contributed by atoms with E-state index in [-0.39, 0.29) is 29.3 Å². The van der Waals surface area contributed by atoms with E-state index >= 15 is 0 Å². The summed E-state index contributed by atoms with van der Waals surface area (Å²) in [6.07, 6.45) is -4.01. The molecular formula is C20H19F3N2O4. The quantitative estimate of drug-likeness (QED) is 0.712. The minimum Gasteiger partial charge on any atom is -0.493 e. The largest absolute Gasteiger partial charge is 0.493 e. The molecule has 154 valence electrons. The molecule has 6 nitrogen and oxygen atoms in total. The van der Waals surface area contributed by atoms with Gasteiger partial charge in [-0.25, -0.2) is 0 Å². The van der Waals surface area contributed by atoms with Crippen LogP contribution in [0, 0.1) is 11.3 Å². The summed E-state index contributed by atoms with van der Waals surface area (Å²) in [6, 6.07) is 10.9. The number of hydrogen-bond donors (Lipinski definition) is 1. The van der Waals surface area contributed by atoms with Crippen LogP contribution in [0.15, 0.2) is 36.4 Å². The first-order valence-corrected chi connectivity index (χ1v) is 8.50. The van der Waals surface area contributed by atoms with Gasteiger partial charge in [0, 0.05) is 12.1 Å². The van der Waals surface area contributed by atoms with Gasteiger partial charge in [-0.2, -0.15) is 18.4 Å². The molecule has 29 heavy (non-hydrogen) atoms. The van der Waals surface area contributed by atoms with Crippen molar-refractivity contribution in [3.05, 3.63) is 47.5 Å². The molecule has 1 N–H and O–H groups in total. The highest BCUT2D eigenvalue weighted by atomic mass is 19.4. The number of nitrogens with zero attached hydrogens (tertiary/aromatic N) is 1. The standard InChI is InChI=1S/C20H19F3N2O4/c1-27-17-5-3-4-13(19(17)28-2)6-9-18(26)25-15-7-8-16(14(10-15)11-24)29-12-20(21,22)23/h3-5,7-8,10H,6,9,12H2,1-2H3,(H,25,26). The van der Waals surface area contributed by atoms with Crippen molar-refractivity contribution in [3.8, 4) is 23.3 Å². The van der Waals surface area contributed by atoms with Crippen molar-refractivity contribution >= 4 is 11.6 Å². The average molecular weight is 408 g/mol. The van der Waals surface area contributed by atoms with Crippen LogP contribution in [0.1, 0.15) is 17.5 Å². The molecule has 0 saturated carbocycles. The van der Waals surface area contributed by atoms with Gasteiger partial charge in [0.1, 0.15) is 11.8 Å². The van der Waals surface area contributed by atoms with Crippen molar-refractivity contribution in [3.63, 3.8) is 0 Å². The number of hydrogen-bond acceptors (Lipinski definition) is 5. The lowest BCUT2D eigenvalue weighted by molar-refractivity contribution is -0.153. The molecule has 0 spiro atoms. The van der Waals surface area contributed by atoms with Crippen LogP contribution in [0.2, 0.25) is 0 Å². The molecule has 1 amide bonds. The van der Waals surface area contributed by atoms with E-state index in [1.807, 2.05) is 6.07 Å². The van der Waals surface area contributed by atoms with Gasteiger partial charge in [-0.3, -0.25) is 4.79 Å². The van der Waals surface area contributed by atoms with E-state index < -0.39 is 12.8 Å². The van der Waals surface area contributed by atoms with E-state index in [0.29, 0.717) is 17.9 Å². The number of carbonyl (C=O) groups is 1. The van der Waals surface area contributed by atoms with Gasteiger partial charge in [-0.15, -0.1) is 0 Å². The van der Waals surface area contributed by atoms with Gasteiger partial charge in [0.05, 0.1) is 19.8 Å². The number of anilines is 1. The maximum Gasteiger partial charge on any atom is 0.422 e. The minimum atomic E-state index is -4.51. The Hall–Kier alpha value is -3.41. The number of aryl methyl sites for hydroxylation is 1. The second-order valence-corrected chi connectivity index (χ2v) is 5.93. The van der Waals surface area contributed by atoms with Crippen molar-refractivity contribution in [2.24, 2.45) is 0 Å². The van der Waals surface area contributed by atoms with Gasteiger partial charge in [0.15, 0.2) is 18.1 Å². The summed E-state index contributed by atoms with van der Waals surface area (Å²) >= 11 is 0. The number of halogens is 3. The van der Waals surface area contributed by atoms with Crippen LogP contribution in [0.4, 0.5) is 18.9 Å². The Morgan fingerprint density at radius 3 is 2.52 bits per heavy atom. The summed E-state index contributed by atoms with van der Waals surface area (Å²) in [5, 5.41) is 11.7. The summed E-state index contributed by atoms with van der Waals surface area (Å²) in [4.78, 5) is 12.2. The van der Waals surface area contributed by atoms with Crippen LogP contribution in [-0.2, 0) is 11.2 Å². The smallest absolute Gasteiger partial charge is 0.422 e. The number of rotatable bonds is 8. The lowest BCUT2D eigenvalue weighted by Crippen LogP contribution is -2.19. The zero-order valence-electron chi connectivity index (χ0n) is 15.8. The van der Waals surface area contributed by atoms with E-state index in [2.05, 4.69) is 10.1 Å². The number of para-hydroxylation sites is 1. The fourth-order valence-electron chi connectivity index (χ4n) is 2.60. The van der Waals surface area contributed by atoms with E-state index in [0.717, 1.165) is 5.56 Å². The van der Waals surface area contributed by atoms with Crippen molar-refractivity contribution in [2.45, 2.75) is 19.0 Å². The Balaban J connectivity index is 2.02. The number of benzene rings is 2. The molecule has 2 aromatic carbocycles. The maximum atomic E-state index is 12.3. The van der Waals surface area contributed by atoms with Crippen molar-refractivity contribution in [2.75, 3.05) is 26.1 Å². The second-order valence-electron chi connectivity index (χ2n) is 5.93. The first kappa shape index (κ1) is 21.9. The van der Waals surface area contributed by atoms with Crippen molar-refractivity contribution in [1.82, 2.24) is 0 Å². The monoisotopic (exact) mass is 408 g/mol. The number of nitriles is 1. The van der Waals surface area contributed by atoms with Gasteiger partial charge in [0.25, 0.3) is 0 Å². The molecule has 0 fully saturated rings. The molecule has 0 saturated heterocycles. The highest BCUT2D eigenvalue weighted by Crippen LogP contribution is 2.31. The first-order chi connectivity index (χ1) is 13.8. The molecule has 0 aromatic heterocycles. The minimum absolute atomic E-state index is 0.110. The van der Waals surface area contributed by atoms with Gasteiger partial charge in [0.2, 0.25) is 5.91 Å². The summed E-state index contributed by atoms with van der Waals surface area (Å²) < 4.78 is 52.0. The Labute approximate surface area is 165 Å². The summed E-state index contributed by atoms with van der Waals surface area (Å²) in [5.74, 6) is 0.561. The maximum absolute atomic E-state index is 12.3. The molecule has 2 rings (SSSR count). The third-order valence-electron chi connectivity index (χ3n) is 3.88. The van der Waals surface area contributed by atoms with Gasteiger partial charge in [-0.1, -0.05) is 12.1 Å². The lowest BCUT2D eigenvalue weighted by Gasteiger charge is -2.13. The number of methoxy groups -OCH3 is 2. The third kappa shape index (κ3) is 6.31. The molecule has 0 atom stereocenters. The van der Waals surface area contributed by atoms with Gasteiger partial charge in [-0.05, 0) is 36.2 Å². The average Bonchev–Trinajstić information content (AvgIpc) is 2.69. The molecule has 2 aromatic rings. The molecular weight excluding hydrogens is 389 g/mol. The number of amides is 1. The molecule has 0 aliphatic rings. The SMILES string of the molecule is COc1cccc(CCC(=O)Nc2ccc(OCC(F)(F)F)c(C#N)c2)c1OC. The fourth-order valence-corrected chi connectivity index (χ4v) is 2.60. The Bertz CT molecular complexity index is 908. The highest BCUT2D eigenvalue weighted by Gasteiger charge is 2.28. The predicted octanol–water partition coefficient (Wildman–Crippen LogP) is 4.09. The van der Waals surface area contributed by atoms with E-state index in [1.165, 1.54) is 32.4 Å². The van der Waals surface area contributed by atoms with Crippen molar-refractivity contribution < 1.29 is 32.2 Å². The van der Waals surface area contributed by atoms with E-state index in [4.69, 9.17) is 14.7 Å². The number of nitrogens with one attached hydrogen (secondary N) is 1. The predicted molar refractivity (Wildman–Crippen MR) is 99.2 cm³/mol. The van der Waals surface area contributed by atoms with Crippen LogP contribution >= 0.6 is 0 Å². The van der Waals surface area contributed by atoms with Crippen LogP contribution < -0.4 is 19.5 Å². The van der Waals surface area contributed by atoms with E-state index in [1.54, 1.807) is 18.2 Å². The Morgan fingerprint density at radius 1 is 1.14 bits per heavy atom. The molecule has 0 heterocycles. The molecule has 9 heteroatoms. The molecule has 0 radical (unpaired) electrons. The molecule has 0 unspecified atom stereocenters. The molecule has 0 aliphatic carbocycles. The van der Waals surface area contributed by atoms with Crippen LogP contribution in [-0.4, -0.2) is 32.9 Å². The Morgan fingerprint density at radius 2 is 1.90 bits per heavy atom. The van der Waals surface area contributed by atoms with Gasteiger partial charge >= 0.3 is 6.18 Å². The zero-order valence-corrected chi connectivity index (χ0v) is 15.8. The zero-order chi connectivity index (χ0) is 21.4. The lowest BCUT2D eigenvalue weighted by atomic mass is 10.1. The fraction of sp³-hybridized carbons (Fsp3) is 0.300.